The second kappa shape index (κ2) is 8.20. The molecule has 0 aromatic heterocycles. The lowest BCUT2D eigenvalue weighted by molar-refractivity contribution is -0.138. The number of nitrogens with zero attached hydrogens (tertiary/aromatic N) is 1. The Kier molecular flexibility index (Phi) is 5.90. The molecule has 0 spiro atoms. The lowest BCUT2D eigenvalue weighted by Crippen LogP contribution is -2.43. The molecule has 0 saturated carbocycles. The van der Waals surface area contributed by atoms with Crippen LogP contribution in [-0.4, -0.2) is 37.0 Å². The summed E-state index contributed by atoms with van der Waals surface area (Å²) >= 11 is 0. The maximum absolute atomic E-state index is 13.6. The van der Waals surface area contributed by atoms with E-state index in [0.717, 1.165) is 24.7 Å². The third-order valence-electron chi connectivity index (χ3n) is 4.82. The van der Waals surface area contributed by atoms with Crippen LogP contribution in [0.1, 0.15) is 27.0 Å². The van der Waals surface area contributed by atoms with Crippen molar-refractivity contribution in [2.75, 3.05) is 37.2 Å². The van der Waals surface area contributed by atoms with Gasteiger partial charge in [-0.1, -0.05) is 12.1 Å². The van der Waals surface area contributed by atoms with Crippen LogP contribution in [0.25, 0.3) is 0 Å². The van der Waals surface area contributed by atoms with Gasteiger partial charge in [-0.25, -0.2) is 0 Å². The molecule has 5 nitrogen and oxygen atoms in total. The molecule has 0 radical (unpaired) electrons. The summed E-state index contributed by atoms with van der Waals surface area (Å²) in [5.41, 5.74) is 6.95. The van der Waals surface area contributed by atoms with Crippen LogP contribution in [0.5, 0.6) is 0 Å². The largest absolute Gasteiger partial charge is 0.416 e. The number of carbonyl (C=O) groups excluding carboxylic acids is 1. The van der Waals surface area contributed by atoms with E-state index in [1.54, 1.807) is 12.1 Å². The number of aryl methyl sites for hydroxylation is 1. The fraction of sp³-hybridized carbons (Fsp3) is 0.350. The summed E-state index contributed by atoms with van der Waals surface area (Å²) in [7, 11) is 0. The number of halogens is 3. The van der Waals surface area contributed by atoms with Crippen molar-refractivity contribution in [3.05, 3.63) is 58.7 Å². The van der Waals surface area contributed by atoms with Crippen LogP contribution >= 0.6 is 0 Å². The van der Waals surface area contributed by atoms with Gasteiger partial charge in [0.15, 0.2) is 0 Å². The number of hydrogen-bond acceptors (Lipinski definition) is 4. The van der Waals surface area contributed by atoms with Crippen LogP contribution in [0.15, 0.2) is 36.4 Å². The van der Waals surface area contributed by atoms with Gasteiger partial charge in [0, 0.05) is 49.7 Å². The Balaban J connectivity index is 1.81. The molecule has 1 fully saturated rings. The van der Waals surface area contributed by atoms with Crippen molar-refractivity contribution in [1.29, 1.82) is 0 Å². The van der Waals surface area contributed by atoms with Crippen LogP contribution in [0.4, 0.5) is 24.5 Å². The summed E-state index contributed by atoms with van der Waals surface area (Å²) in [5, 5.41) is 5.71. The van der Waals surface area contributed by atoms with Gasteiger partial charge >= 0.3 is 6.18 Å². The Labute approximate surface area is 161 Å². The van der Waals surface area contributed by atoms with Gasteiger partial charge in [-0.05, 0) is 42.3 Å². The van der Waals surface area contributed by atoms with Crippen molar-refractivity contribution >= 4 is 17.3 Å². The van der Waals surface area contributed by atoms with E-state index in [2.05, 4.69) is 10.6 Å². The summed E-state index contributed by atoms with van der Waals surface area (Å²) in [6, 6.07) is 8.72. The smallest absolute Gasteiger partial charge is 0.398 e. The second-order valence-electron chi connectivity index (χ2n) is 6.92. The minimum absolute atomic E-state index is 0.0977. The fourth-order valence-electron chi connectivity index (χ4n) is 3.15. The minimum atomic E-state index is -4.50. The second-order valence-corrected chi connectivity index (χ2v) is 6.92. The molecule has 2 aromatic rings. The average molecular weight is 392 g/mol. The summed E-state index contributed by atoms with van der Waals surface area (Å²) < 4.78 is 40.7. The molecule has 2 aromatic carbocycles. The van der Waals surface area contributed by atoms with Crippen molar-refractivity contribution in [3.8, 4) is 0 Å². The van der Waals surface area contributed by atoms with E-state index < -0.39 is 17.6 Å². The highest BCUT2D eigenvalue weighted by atomic mass is 19.4. The lowest BCUT2D eigenvalue weighted by atomic mass is 10.0. The zero-order valence-corrected chi connectivity index (χ0v) is 15.6. The molecule has 1 aliphatic heterocycles. The molecule has 0 aliphatic carbocycles. The first-order valence-electron chi connectivity index (χ1n) is 9.05. The quantitative estimate of drug-likeness (QED) is 0.699. The number of nitrogens with one attached hydrogen (secondary N) is 2. The van der Waals surface area contributed by atoms with Crippen molar-refractivity contribution in [1.82, 2.24) is 10.2 Å². The Morgan fingerprint density at radius 1 is 1.18 bits per heavy atom. The molecule has 3 rings (SSSR count). The predicted octanol–water partition coefficient (Wildman–Crippen LogP) is 3.25. The van der Waals surface area contributed by atoms with Gasteiger partial charge in [-0.3, -0.25) is 9.69 Å². The van der Waals surface area contributed by atoms with Crippen molar-refractivity contribution < 1.29 is 18.0 Å². The topological polar surface area (TPSA) is 70.4 Å². The van der Waals surface area contributed by atoms with Gasteiger partial charge in [-0.15, -0.1) is 0 Å². The number of piperazine rings is 1. The molecule has 0 atom stereocenters. The summed E-state index contributed by atoms with van der Waals surface area (Å²) in [6.07, 6.45) is -4.50. The third kappa shape index (κ3) is 4.82. The predicted molar refractivity (Wildman–Crippen MR) is 103 cm³/mol. The van der Waals surface area contributed by atoms with Gasteiger partial charge in [-0.2, -0.15) is 13.2 Å². The van der Waals surface area contributed by atoms with E-state index >= 15 is 0 Å². The molecule has 150 valence electrons. The maximum atomic E-state index is 13.6. The first-order valence-corrected chi connectivity index (χ1v) is 9.05. The molecular weight excluding hydrogens is 369 g/mol. The third-order valence-corrected chi connectivity index (χ3v) is 4.82. The zero-order chi connectivity index (χ0) is 20.3. The van der Waals surface area contributed by atoms with E-state index in [1.807, 2.05) is 11.8 Å². The molecular formula is C20H23F3N4O. The van der Waals surface area contributed by atoms with Gasteiger partial charge in [0.25, 0.3) is 5.91 Å². The van der Waals surface area contributed by atoms with Gasteiger partial charge in [0.2, 0.25) is 0 Å². The van der Waals surface area contributed by atoms with Crippen molar-refractivity contribution in [2.24, 2.45) is 0 Å². The molecule has 1 saturated heterocycles. The number of amides is 1. The molecule has 1 heterocycles. The van der Waals surface area contributed by atoms with Gasteiger partial charge < -0.3 is 16.4 Å². The Morgan fingerprint density at radius 2 is 1.89 bits per heavy atom. The number of hydrogen-bond donors (Lipinski definition) is 3. The monoisotopic (exact) mass is 392 g/mol. The molecule has 28 heavy (non-hydrogen) atoms. The standard InChI is InChI=1S/C20H23F3N4O/c1-13-2-3-14(10-18(13)24)19(28)26-16-5-4-15(17(11-16)20(21,22)23)12-27-8-6-25-7-9-27/h2-5,10-11,25H,6-9,12,24H2,1H3,(H,26,28). The zero-order valence-electron chi connectivity index (χ0n) is 15.6. The van der Waals surface area contributed by atoms with Crippen LogP contribution in [0.3, 0.4) is 0 Å². The number of rotatable bonds is 4. The van der Waals surface area contributed by atoms with E-state index in [-0.39, 0.29) is 17.8 Å². The molecule has 4 N–H and O–H groups in total. The maximum Gasteiger partial charge on any atom is 0.416 e. The fourth-order valence-corrected chi connectivity index (χ4v) is 3.15. The summed E-state index contributed by atoms with van der Waals surface area (Å²) in [4.78, 5) is 14.4. The highest BCUT2D eigenvalue weighted by Crippen LogP contribution is 2.34. The van der Waals surface area contributed by atoms with Gasteiger partial charge in [0.1, 0.15) is 0 Å². The SMILES string of the molecule is Cc1ccc(C(=O)Nc2ccc(CN3CCNCC3)c(C(F)(F)F)c2)cc1N. The first-order chi connectivity index (χ1) is 13.2. The lowest BCUT2D eigenvalue weighted by Gasteiger charge is -2.28. The van der Waals surface area contributed by atoms with Crippen molar-refractivity contribution in [3.63, 3.8) is 0 Å². The Bertz CT molecular complexity index is 861. The van der Waals surface area contributed by atoms with Gasteiger partial charge in [0.05, 0.1) is 5.56 Å². The first kappa shape index (κ1) is 20.2. The van der Waals surface area contributed by atoms with Crippen molar-refractivity contribution in [2.45, 2.75) is 19.6 Å². The Morgan fingerprint density at radius 3 is 2.54 bits per heavy atom. The molecule has 8 heteroatoms. The molecule has 1 amide bonds. The highest BCUT2D eigenvalue weighted by molar-refractivity contribution is 6.04. The number of nitrogen functional groups attached to an aromatic ring is 1. The van der Waals surface area contributed by atoms with Crippen LogP contribution in [0.2, 0.25) is 0 Å². The number of benzene rings is 2. The number of nitrogens with two attached hydrogens (primary N) is 1. The number of anilines is 2. The molecule has 0 unspecified atom stereocenters. The average Bonchev–Trinajstić information content (AvgIpc) is 2.65. The molecule has 1 aliphatic rings. The molecule has 0 bridgehead atoms. The number of carbonyl (C=O) groups is 1. The van der Waals surface area contributed by atoms with Crippen LogP contribution in [-0.2, 0) is 12.7 Å². The van der Waals surface area contributed by atoms with Crippen LogP contribution in [0, 0.1) is 6.92 Å². The van der Waals surface area contributed by atoms with E-state index in [4.69, 9.17) is 5.73 Å². The van der Waals surface area contributed by atoms with E-state index in [0.29, 0.717) is 24.3 Å². The van der Waals surface area contributed by atoms with Crippen LogP contribution < -0.4 is 16.4 Å². The van der Waals surface area contributed by atoms with E-state index in [1.165, 1.54) is 18.2 Å². The number of alkyl halides is 3. The normalized spacial score (nSPS) is 15.4. The van der Waals surface area contributed by atoms with E-state index in [9.17, 15) is 18.0 Å². The Hall–Kier alpha value is -2.58. The minimum Gasteiger partial charge on any atom is -0.398 e. The summed E-state index contributed by atoms with van der Waals surface area (Å²) in [6.45, 7) is 4.95. The highest BCUT2D eigenvalue weighted by Gasteiger charge is 2.34. The summed E-state index contributed by atoms with van der Waals surface area (Å²) in [5.74, 6) is -0.505.